The summed E-state index contributed by atoms with van der Waals surface area (Å²) >= 11 is 3.42. The van der Waals surface area contributed by atoms with Crippen LogP contribution in [-0.4, -0.2) is 4.98 Å². The molecule has 0 saturated heterocycles. The van der Waals surface area contributed by atoms with Crippen molar-refractivity contribution < 1.29 is 0 Å². The zero-order chi connectivity index (χ0) is 15.1. The highest BCUT2D eigenvalue weighted by Crippen LogP contribution is 2.26. The van der Waals surface area contributed by atoms with Crippen LogP contribution in [0, 0.1) is 6.92 Å². The van der Waals surface area contributed by atoms with Crippen LogP contribution in [0.5, 0.6) is 0 Å². The standard InChI is InChI=1S/C18H23BrN2/c1-3-4-6-11-17(15-9-7-5-8-10-15)21-16-12-13-18(19)20-14(16)2/h5,7-10,12-13,17,21H,3-4,6,11H2,1-2H3. The molecule has 112 valence electrons. The summed E-state index contributed by atoms with van der Waals surface area (Å²) < 4.78 is 0.882. The van der Waals surface area contributed by atoms with Crippen LogP contribution in [0.25, 0.3) is 0 Å². The van der Waals surface area contributed by atoms with Gasteiger partial charge < -0.3 is 5.32 Å². The van der Waals surface area contributed by atoms with Crippen LogP contribution in [0.15, 0.2) is 47.1 Å². The van der Waals surface area contributed by atoms with E-state index in [0.29, 0.717) is 6.04 Å². The van der Waals surface area contributed by atoms with Crippen molar-refractivity contribution in [1.82, 2.24) is 4.98 Å². The van der Waals surface area contributed by atoms with Crippen molar-refractivity contribution in [3.05, 3.63) is 58.3 Å². The number of hydrogen-bond acceptors (Lipinski definition) is 2. The fraction of sp³-hybridized carbons (Fsp3) is 0.389. The summed E-state index contributed by atoms with van der Waals surface area (Å²) in [7, 11) is 0. The number of pyridine rings is 1. The van der Waals surface area contributed by atoms with Gasteiger partial charge in [-0.1, -0.05) is 56.5 Å². The first kappa shape index (κ1) is 16.0. The number of aryl methyl sites for hydroxylation is 1. The third-order valence-corrected chi connectivity index (χ3v) is 4.12. The predicted octanol–water partition coefficient (Wildman–Crippen LogP) is 5.89. The second-order valence-electron chi connectivity index (χ2n) is 5.37. The van der Waals surface area contributed by atoms with Crippen molar-refractivity contribution in [2.75, 3.05) is 5.32 Å². The second-order valence-corrected chi connectivity index (χ2v) is 6.18. The average molecular weight is 347 g/mol. The van der Waals surface area contributed by atoms with Gasteiger partial charge in [0, 0.05) is 0 Å². The first-order valence-corrected chi connectivity index (χ1v) is 8.44. The number of unbranched alkanes of at least 4 members (excludes halogenated alkanes) is 2. The van der Waals surface area contributed by atoms with E-state index in [-0.39, 0.29) is 0 Å². The van der Waals surface area contributed by atoms with Crippen LogP contribution in [0.3, 0.4) is 0 Å². The van der Waals surface area contributed by atoms with E-state index in [2.05, 4.69) is 69.6 Å². The minimum Gasteiger partial charge on any atom is -0.377 e. The second kappa shape index (κ2) is 8.18. The maximum Gasteiger partial charge on any atom is 0.106 e. The van der Waals surface area contributed by atoms with Gasteiger partial charge in [0.25, 0.3) is 0 Å². The SMILES string of the molecule is CCCCCC(Nc1ccc(Br)nc1C)c1ccccc1. The molecule has 0 spiro atoms. The van der Waals surface area contributed by atoms with E-state index in [1.54, 1.807) is 0 Å². The summed E-state index contributed by atoms with van der Waals surface area (Å²) in [5.74, 6) is 0. The van der Waals surface area contributed by atoms with Crippen LogP contribution in [0.1, 0.15) is 49.9 Å². The Morgan fingerprint density at radius 1 is 1.10 bits per heavy atom. The van der Waals surface area contributed by atoms with Crippen molar-refractivity contribution in [2.24, 2.45) is 0 Å². The third kappa shape index (κ3) is 4.85. The average Bonchev–Trinajstić information content (AvgIpc) is 2.49. The molecular formula is C18H23BrN2. The molecule has 1 atom stereocenters. The predicted molar refractivity (Wildman–Crippen MR) is 93.6 cm³/mol. The number of nitrogens with zero attached hydrogens (tertiary/aromatic N) is 1. The summed E-state index contributed by atoms with van der Waals surface area (Å²) in [6.45, 7) is 4.29. The van der Waals surface area contributed by atoms with Gasteiger partial charge in [-0.15, -0.1) is 0 Å². The highest BCUT2D eigenvalue weighted by molar-refractivity contribution is 9.10. The monoisotopic (exact) mass is 346 g/mol. The zero-order valence-electron chi connectivity index (χ0n) is 12.8. The molecule has 2 nitrogen and oxygen atoms in total. The van der Waals surface area contributed by atoms with Crippen molar-refractivity contribution in [3.8, 4) is 0 Å². The highest BCUT2D eigenvalue weighted by atomic mass is 79.9. The Bertz CT molecular complexity index is 554. The molecule has 1 heterocycles. The quantitative estimate of drug-likeness (QED) is 0.499. The third-order valence-electron chi connectivity index (χ3n) is 3.68. The van der Waals surface area contributed by atoms with Gasteiger partial charge in [0.1, 0.15) is 4.60 Å². The van der Waals surface area contributed by atoms with Gasteiger partial charge in [-0.3, -0.25) is 0 Å². The maximum atomic E-state index is 4.47. The van der Waals surface area contributed by atoms with Gasteiger partial charge >= 0.3 is 0 Å². The Morgan fingerprint density at radius 2 is 1.86 bits per heavy atom. The lowest BCUT2D eigenvalue weighted by atomic mass is 10.00. The Hall–Kier alpha value is -1.35. The van der Waals surface area contributed by atoms with Crippen LogP contribution in [-0.2, 0) is 0 Å². The molecule has 1 aromatic heterocycles. The molecule has 0 aliphatic carbocycles. The van der Waals surface area contributed by atoms with Crippen LogP contribution in [0.4, 0.5) is 5.69 Å². The fourth-order valence-corrected chi connectivity index (χ4v) is 2.87. The Labute approximate surface area is 136 Å². The molecule has 2 aromatic rings. The maximum absolute atomic E-state index is 4.47. The Morgan fingerprint density at radius 3 is 2.52 bits per heavy atom. The molecule has 0 fully saturated rings. The van der Waals surface area contributed by atoms with Gasteiger partial charge in [0.15, 0.2) is 0 Å². The van der Waals surface area contributed by atoms with E-state index >= 15 is 0 Å². The van der Waals surface area contributed by atoms with Crippen molar-refractivity contribution in [3.63, 3.8) is 0 Å². The lowest BCUT2D eigenvalue weighted by Crippen LogP contribution is -2.12. The van der Waals surface area contributed by atoms with E-state index in [0.717, 1.165) is 22.4 Å². The van der Waals surface area contributed by atoms with E-state index in [4.69, 9.17) is 0 Å². The fourth-order valence-electron chi connectivity index (χ4n) is 2.48. The summed E-state index contributed by atoms with van der Waals surface area (Å²) in [4.78, 5) is 4.47. The zero-order valence-corrected chi connectivity index (χ0v) is 14.4. The minimum atomic E-state index is 0.347. The van der Waals surface area contributed by atoms with Gasteiger partial charge in [-0.2, -0.15) is 0 Å². The summed E-state index contributed by atoms with van der Waals surface area (Å²) in [5.41, 5.74) is 3.49. The largest absolute Gasteiger partial charge is 0.377 e. The molecule has 1 unspecified atom stereocenters. The molecule has 21 heavy (non-hydrogen) atoms. The molecule has 1 N–H and O–H groups in total. The smallest absolute Gasteiger partial charge is 0.106 e. The molecule has 3 heteroatoms. The van der Waals surface area contributed by atoms with E-state index in [1.165, 1.54) is 24.8 Å². The molecule has 0 amide bonds. The normalized spacial score (nSPS) is 12.1. The molecule has 2 rings (SSSR count). The number of aromatic nitrogens is 1. The Kier molecular flexibility index (Phi) is 6.24. The number of anilines is 1. The lowest BCUT2D eigenvalue weighted by Gasteiger charge is -2.21. The van der Waals surface area contributed by atoms with Crippen LogP contribution >= 0.6 is 15.9 Å². The van der Waals surface area contributed by atoms with Crippen molar-refractivity contribution >= 4 is 21.6 Å². The van der Waals surface area contributed by atoms with Gasteiger partial charge in [-0.05, 0) is 47.0 Å². The molecule has 0 aliphatic rings. The first-order chi connectivity index (χ1) is 10.2. The van der Waals surface area contributed by atoms with Crippen molar-refractivity contribution in [2.45, 2.75) is 45.6 Å². The molecule has 0 bridgehead atoms. The first-order valence-electron chi connectivity index (χ1n) is 7.65. The minimum absolute atomic E-state index is 0.347. The van der Waals surface area contributed by atoms with Gasteiger partial charge in [0.2, 0.25) is 0 Å². The summed E-state index contributed by atoms with van der Waals surface area (Å²) in [6.07, 6.45) is 4.92. The molecular weight excluding hydrogens is 324 g/mol. The number of benzene rings is 1. The highest BCUT2D eigenvalue weighted by Gasteiger charge is 2.12. The van der Waals surface area contributed by atoms with Gasteiger partial charge in [0.05, 0.1) is 17.4 Å². The van der Waals surface area contributed by atoms with Crippen LogP contribution in [0.2, 0.25) is 0 Å². The molecule has 0 aliphatic heterocycles. The molecule has 1 aromatic carbocycles. The van der Waals surface area contributed by atoms with Crippen molar-refractivity contribution in [1.29, 1.82) is 0 Å². The summed E-state index contributed by atoms with van der Waals surface area (Å²) in [6, 6.07) is 15.1. The number of hydrogen-bond donors (Lipinski definition) is 1. The Balaban J connectivity index is 2.15. The van der Waals surface area contributed by atoms with Crippen LogP contribution < -0.4 is 5.32 Å². The topological polar surface area (TPSA) is 24.9 Å². The number of halogens is 1. The number of nitrogens with one attached hydrogen (secondary N) is 1. The summed E-state index contributed by atoms with van der Waals surface area (Å²) in [5, 5.41) is 3.67. The van der Waals surface area contributed by atoms with E-state index < -0.39 is 0 Å². The lowest BCUT2D eigenvalue weighted by molar-refractivity contribution is 0.606. The van der Waals surface area contributed by atoms with E-state index in [9.17, 15) is 0 Å². The molecule has 0 saturated carbocycles. The van der Waals surface area contributed by atoms with Gasteiger partial charge in [-0.25, -0.2) is 4.98 Å². The van der Waals surface area contributed by atoms with E-state index in [1.807, 2.05) is 13.0 Å². The number of rotatable bonds is 7. The molecule has 0 radical (unpaired) electrons.